The molecule has 4 nitrogen and oxygen atoms in total. The summed E-state index contributed by atoms with van der Waals surface area (Å²) >= 11 is 5.11. The topological polar surface area (TPSA) is 58.0 Å². The minimum Gasteiger partial charge on any atom is -0.392 e. The largest absolute Gasteiger partial charge is 0.392 e. The lowest BCUT2D eigenvalue weighted by atomic mass is 10.2. The number of fused-ring (bicyclic) bond motifs is 1. The van der Waals surface area contributed by atoms with Crippen LogP contribution in [0.2, 0.25) is 0 Å². The van der Waals surface area contributed by atoms with Crippen LogP contribution >= 0.6 is 12.2 Å². The van der Waals surface area contributed by atoms with Gasteiger partial charge in [0.1, 0.15) is 4.64 Å². The van der Waals surface area contributed by atoms with E-state index in [9.17, 15) is 9.90 Å². The molecule has 1 aromatic rings. The number of H-pyrrole nitrogens is 1. The Morgan fingerprint density at radius 1 is 1.60 bits per heavy atom. The van der Waals surface area contributed by atoms with Crippen LogP contribution in [0.1, 0.15) is 24.6 Å². The van der Waals surface area contributed by atoms with Gasteiger partial charge in [0.05, 0.1) is 12.6 Å². The van der Waals surface area contributed by atoms with Crippen molar-refractivity contribution in [1.29, 1.82) is 0 Å². The second kappa shape index (κ2) is 3.90. The molecule has 1 aromatic heterocycles. The van der Waals surface area contributed by atoms with Gasteiger partial charge in [-0.1, -0.05) is 12.2 Å². The van der Waals surface area contributed by atoms with E-state index in [1.807, 2.05) is 0 Å². The van der Waals surface area contributed by atoms with E-state index in [0.29, 0.717) is 11.2 Å². The third-order valence-electron chi connectivity index (χ3n) is 2.70. The molecule has 0 amide bonds. The fourth-order valence-electron chi connectivity index (χ4n) is 2.09. The molecule has 0 spiro atoms. The number of nitrogens with one attached hydrogen (secondary N) is 1. The molecule has 2 N–H and O–H groups in total. The fourth-order valence-corrected chi connectivity index (χ4v) is 2.40. The number of hydrogen-bond acceptors (Lipinski definition) is 3. The van der Waals surface area contributed by atoms with Crippen molar-refractivity contribution in [1.82, 2.24) is 9.55 Å². The summed E-state index contributed by atoms with van der Waals surface area (Å²) < 4.78 is 2.18. The van der Waals surface area contributed by atoms with Gasteiger partial charge >= 0.3 is 5.69 Å². The molecule has 0 fully saturated rings. The molecule has 1 unspecified atom stereocenters. The maximum absolute atomic E-state index is 11.7. The van der Waals surface area contributed by atoms with Crippen molar-refractivity contribution < 1.29 is 5.11 Å². The van der Waals surface area contributed by atoms with Crippen molar-refractivity contribution in [2.45, 2.75) is 38.8 Å². The summed E-state index contributed by atoms with van der Waals surface area (Å²) in [7, 11) is 0. The van der Waals surface area contributed by atoms with Gasteiger partial charge in [0.25, 0.3) is 0 Å². The number of aliphatic hydroxyl groups excluding tert-OH is 1. The van der Waals surface area contributed by atoms with Gasteiger partial charge < -0.3 is 5.11 Å². The molecule has 15 heavy (non-hydrogen) atoms. The molecule has 1 heterocycles. The molecule has 1 aliphatic rings. The highest BCUT2D eigenvalue weighted by molar-refractivity contribution is 7.71. The van der Waals surface area contributed by atoms with Crippen molar-refractivity contribution in [2.75, 3.05) is 0 Å². The van der Waals surface area contributed by atoms with Crippen molar-refractivity contribution in [2.24, 2.45) is 0 Å². The molecule has 0 bridgehead atoms. The molecule has 2 rings (SSSR count). The third kappa shape index (κ3) is 1.89. The smallest absolute Gasteiger partial charge is 0.326 e. The molecular weight excluding hydrogens is 212 g/mol. The Labute approximate surface area is 92.6 Å². The van der Waals surface area contributed by atoms with Gasteiger partial charge in [0.15, 0.2) is 0 Å². The van der Waals surface area contributed by atoms with E-state index in [2.05, 4.69) is 4.98 Å². The molecular formula is C10H14N2O2S. The van der Waals surface area contributed by atoms with Gasteiger partial charge in [-0.15, -0.1) is 0 Å². The van der Waals surface area contributed by atoms with Crippen LogP contribution in [0.15, 0.2) is 4.79 Å². The first-order valence-corrected chi connectivity index (χ1v) is 5.53. The predicted molar refractivity (Wildman–Crippen MR) is 59.6 cm³/mol. The summed E-state index contributed by atoms with van der Waals surface area (Å²) in [6, 6.07) is 0. The van der Waals surface area contributed by atoms with E-state index >= 15 is 0 Å². The second-order valence-electron chi connectivity index (χ2n) is 4.00. The second-order valence-corrected chi connectivity index (χ2v) is 4.41. The van der Waals surface area contributed by atoms with E-state index < -0.39 is 6.10 Å². The maximum atomic E-state index is 11.7. The Morgan fingerprint density at radius 3 is 3.00 bits per heavy atom. The summed E-state index contributed by atoms with van der Waals surface area (Å²) in [6.45, 7) is 2.02. The molecule has 0 aromatic carbocycles. The van der Waals surface area contributed by atoms with Crippen LogP contribution in [-0.4, -0.2) is 20.8 Å². The van der Waals surface area contributed by atoms with Crippen LogP contribution in [0.25, 0.3) is 0 Å². The lowest BCUT2D eigenvalue weighted by molar-refractivity contribution is 0.170. The molecule has 0 saturated heterocycles. The SMILES string of the molecule is CC(O)Cn1c2c(c(=S)[nH]c1=O)CCC2. The number of nitrogens with zero attached hydrogens (tertiary/aromatic N) is 1. The highest BCUT2D eigenvalue weighted by Crippen LogP contribution is 2.20. The van der Waals surface area contributed by atoms with Gasteiger partial charge in [-0.2, -0.15) is 0 Å². The third-order valence-corrected chi connectivity index (χ3v) is 3.05. The molecule has 0 aliphatic heterocycles. The highest BCUT2D eigenvalue weighted by atomic mass is 32.1. The Morgan fingerprint density at radius 2 is 2.33 bits per heavy atom. The number of aromatic nitrogens is 2. The van der Waals surface area contributed by atoms with Crippen LogP contribution in [0, 0.1) is 4.64 Å². The molecule has 1 aliphatic carbocycles. The van der Waals surface area contributed by atoms with E-state index in [0.717, 1.165) is 30.5 Å². The van der Waals surface area contributed by atoms with Crippen molar-refractivity contribution >= 4 is 12.2 Å². The monoisotopic (exact) mass is 226 g/mol. The van der Waals surface area contributed by atoms with E-state index in [4.69, 9.17) is 12.2 Å². The van der Waals surface area contributed by atoms with Gasteiger partial charge in [-0.25, -0.2) is 4.79 Å². The maximum Gasteiger partial charge on any atom is 0.326 e. The molecule has 0 radical (unpaired) electrons. The summed E-state index contributed by atoms with van der Waals surface area (Å²) in [6.07, 6.45) is 2.34. The summed E-state index contributed by atoms with van der Waals surface area (Å²) in [5.74, 6) is 0. The van der Waals surface area contributed by atoms with Crippen molar-refractivity contribution in [3.8, 4) is 0 Å². The Kier molecular flexibility index (Phi) is 2.75. The minimum atomic E-state index is -0.517. The minimum absolute atomic E-state index is 0.207. The normalized spacial score (nSPS) is 16.4. The predicted octanol–water partition coefficient (Wildman–Crippen LogP) is 0.775. The Bertz CT molecular complexity index is 487. The van der Waals surface area contributed by atoms with E-state index in [1.165, 1.54) is 0 Å². The van der Waals surface area contributed by atoms with E-state index in [-0.39, 0.29) is 5.69 Å². The average molecular weight is 226 g/mol. The number of hydrogen-bond donors (Lipinski definition) is 2. The first-order chi connectivity index (χ1) is 7.09. The van der Waals surface area contributed by atoms with Crippen LogP contribution < -0.4 is 5.69 Å². The van der Waals surface area contributed by atoms with Gasteiger partial charge in [-0.05, 0) is 26.2 Å². The molecule has 1 atom stereocenters. The summed E-state index contributed by atoms with van der Waals surface area (Å²) in [5.41, 5.74) is 1.87. The lowest BCUT2D eigenvalue weighted by Crippen LogP contribution is -2.30. The number of aromatic amines is 1. The molecule has 0 saturated carbocycles. The molecule has 82 valence electrons. The van der Waals surface area contributed by atoms with Crippen LogP contribution in [0.3, 0.4) is 0 Å². The lowest BCUT2D eigenvalue weighted by Gasteiger charge is -2.13. The van der Waals surface area contributed by atoms with Gasteiger partial charge in [-0.3, -0.25) is 9.55 Å². The quantitative estimate of drug-likeness (QED) is 0.732. The summed E-state index contributed by atoms with van der Waals surface area (Å²) in [5, 5.41) is 9.33. The first-order valence-electron chi connectivity index (χ1n) is 5.12. The average Bonchev–Trinajstić information content (AvgIpc) is 2.60. The van der Waals surface area contributed by atoms with Crippen LogP contribution in [0.4, 0.5) is 0 Å². The summed E-state index contributed by atoms with van der Waals surface area (Å²) in [4.78, 5) is 14.3. The highest BCUT2D eigenvalue weighted by Gasteiger charge is 2.18. The van der Waals surface area contributed by atoms with Crippen molar-refractivity contribution in [3.05, 3.63) is 26.4 Å². The zero-order chi connectivity index (χ0) is 11.0. The first kappa shape index (κ1) is 10.6. The zero-order valence-corrected chi connectivity index (χ0v) is 9.43. The van der Waals surface area contributed by atoms with Crippen LogP contribution in [-0.2, 0) is 19.4 Å². The fraction of sp³-hybridized carbons (Fsp3) is 0.600. The van der Waals surface area contributed by atoms with Crippen LogP contribution in [0.5, 0.6) is 0 Å². The molecule has 5 heteroatoms. The zero-order valence-electron chi connectivity index (χ0n) is 8.62. The van der Waals surface area contributed by atoms with Crippen molar-refractivity contribution in [3.63, 3.8) is 0 Å². The number of rotatable bonds is 2. The Hall–Kier alpha value is -0.940. The van der Waals surface area contributed by atoms with E-state index in [1.54, 1.807) is 11.5 Å². The standard InChI is InChI=1S/C10H14N2O2S/c1-6(13)5-12-8-4-2-3-7(8)9(15)11-10(12)14/h6,13H,2-5H2,1H3,(H,11,14,15). The van der Waals surface area contributed by atoms with Gasteiger partial charge in [0.2, 0.25) is 0 Å². The van der Waals surface area contributed by atoms with Gasteiger partial charge in [0, 0.05) is 11.3 Å². The number of aliphatic hydroxyl groups is 1. The Balaban J connectivity index is 2.59.